The third-order valence-electron chi connectivity index (χ3n) is 4.75. The van der Waals surface area contributed by atoms with Crippen LogP contribution in [0.15, 0.2) is 39.7 Å². The van der Waals surface area contributed by atoms with E-state index in [9.17, 15) is 9.00 Å². The van der Waals surface area contributed by atoms with E-state index in [2.05, 4.69) is 10.8 Å². The zero-order valence-electron chi connectivity index (χ0n) is 14.6. The van der Waals surface area contributed by atoms with Gasteiger partial charge in [-0.25, -0.2) is 8.93 Å². The first-order valence-electron chi connectivity index (χ1n) is 8.51. The van der Waals surface area contributed by atoms with Gasteiger partial charge in [-0.2, -0.15) is 0 Å². The standard InChI is InChI=1S/C19H20N2O4S/c1-11-5-15(10-21(2)19(11)22)16-7-12(9-20-26(23)24)6-14-8-17(13-3-4-13)25-18(14)16/h5-8,10,13,20H,3-4,9H2,1-2H3,(H,23,24). The van der Waals surface area contributed by atoms with Crippen molar-refractivity contribution >= 4 is 22.2 Å². The van der Waals surface area contributed by atoms with Gasteiger partial charge in [0.25, 0.3) is 5.56 Å². The van der Waals surface area contributed by atoms with E-state index in [4.69, 9.17) is 8.97 Å². The highest BCUT2D eigenvalue weighted by Crippen LogP contribution is 2.44. The van der Waals surface area contributed by atoms with Crippen molar-refractivity contribution in [2.75, 3.05) is 0 Å². The molecule has 136 valence electrons. The van der Waals surface area contributed by atoms with Crippen LogP contribution < -0.4 is 10.3 Å². The Kier molecular flexibility index (Phi) is 4.30. The molecule has 1 unspecified atom stereocenters. The van der Waals surface area contributed by atoms with Crippen LogP contribution >= 0.6 is 0 Å². The van der Waals surface area contributed by atoms with Crippen LogP contribution in [0.2, 0.25) is 0 Å². The number of rotatable bonds is 5. The fourth-order valence-corrected chi connectivity index (χ4v) is 3.58. The summed E-state index contributed by atoms with van der Waals surface area (Å²) in [5.41, 5.74) is 4.07. The second kappa shape index (κ2) is 6.50. The molecule has 6 nitrogen and oxygen atoms in total. The van der Waals surface area contributed by atoms with E-state index in [0.717, 1.165) is 46.3 Å². The lowest BCUT2D eigenvalue weighted by molar-refractivity contribution is 0.548. The number of hydrogen-bond donors (Lipinski definition) is 2. The van der Waals surface area contributed by atoms with Gasteiger partial charge in [0.15, 0.2) is 0 Å². The number of benzene rings is 1. The van der Waals surface area contributed by atoms with E-state index in [1.165, 1.54) is 0 Å². The van der Waals surface area contributed by atoms with Crippen molar-refractivity contribution in [2.45, 2.75) is 32.2 Å². The van der Waals surface area contributed by atoms with Crippen LogP contribution in [-0.4, -0.2) is 13.3 Å². The highest BCUT2D eigenvalue weighted by atomic mass is 32.2. The molecule has 0 amide bonds. The minimum absolute atomic E-state index is 0.0309. The van der Waals surface area contributed by atoms with E-state index in [-0.39, 0.29) is 12.1 Å². The van der Waals surface area contributed by atoms with Gasteiger partial charge in [-0.3, -0.25) is 9.35 Å². The molecule has 26 heavy (non-hydrogen) atoms. The van der Waals surface area contributed by atoms with E-state index < -0.39 is 11.3 Å². The number of aromatic nitrogens is 1. The SMILES string of the molecule is Cc1cc(-c2cc(CNS(=O)O)cc3cc(C4CC4)oc23)cn(C)c1=O. The lowest BCUT2D eigenvalue weighted by Crippen LogP contribution is -2.18. The molecular weight excluding hydrogens is 352 g/mol. The monoisotopic (exact) mass is 372 g/mol. The predicted octanol–water partition coefficient (Wildman–Crippen LogP) is 3.21. The predicted molar refractivity (Wildman–Crippen MR) is 101 cm³/mol. The molecular formula is C19H20N2O4S. The molecule has 0 saturated heterocycles. The molecule has 1 saturated carbocycles. The summed E-state index contributed by atoms with van der Waals surface area (Å²) >= 11 is -2.07. The number of fused-ring (bicyclic) bond motifs is 1. The summed E-state index contributed by atoms with van der Waals surface area (Å²) in [7, 11) is 1.73. The van der Waals surface area contributed by atoms with Crippen molar-refractivity contribution < 1.29 is 13.2 Å². The number of nitrogens with zero attached hydrogens (tertiary/aromatic N) is 1. The molecule has 0 radical (unpaired) electrons. The average Bonchev–Trinajstić information content (AvgIpc) is 3.36. The normalized spacial score (nSPS) is 15.5. The van der Waals surface area contributed by atoms with Gasteiger partial charge in [-0.15, -0.1) is 0 Å². The van der Waals surface area contributed by atoms with Crippen molar-refractivity contribution in [3.05, 3.63) is 57.7 Å². The Hall–Kier alpha value is -2.22. The smallest absolute Gasteiger partial charge is 0.253 e. The van der Waals surface area contributed by atoms with Crippen molar-refractivity contribution in [3.63, 3.8) is 0 Å². The number of furan rings is 1. The largest absolute Gasteiger partial charge is 0.460 e. The second-order valence-electron chi connectivity index (χ2n) is 6.88. The fraction of sp³-hybridized carbons (Fsp3) is 0.316. The molecule has 1 aromatic carbocycles. The van der Waals surface area contributed by atoms with Crippen LogP contribution in [0, 0.1) is 6.92 Å². The molecule has 0 bridgehead atoms. The molecule has 4 rings (SSSR count). The molecule has 1 aliphatic carbocycles. The highest BCUT2D eigenvalue weighted by Gasteiger charge is 2.28. The summed E-state index contributed by atoms with van der Waals surface area (Å²) in [6.45, 7) is 2.06. The Balaban J connectivity index is 1.90. The maximum Gasteiger partial charge on any atom is 0.253 e. The van der Waals surface area contributed by atoms with Gasteiger partial charge in [0, 0.05) is 47.8 Å². The molecule has 1 aliphatic rings. The van der Waals surface area contributed by atoms with Gasteiger partial charge in [0.1, 0.15) is 11.3 Å². The van der Waals surface area contributed by atoms with E-state index in [0.29, 0.717) is 11.5 Å². The fourth-order valence-electron chi connectivity index (χ4n) is 3.29. The minimum Gasteiger partial charge on any atom is -0.460 e. The Morgan fingerprint density at radius 2 is 2.08 bits per heavy atom. The van der Waals surface area contributed by atoms with Gasteiger partial charge in [-0.05, 0) is 49.6 Å². The first-order chi connectivity index (χ1) is 12.4. The van der Waals surface area contributed by atoms with Crippen LogP contribution in [-0.2, 0) is 24.9 Å². The molecule has 1 atom stereocenters. The Labute approximate surface area is 153 Å². The van der Waals surface area contributed by atoms with Crippen LogP contribution in [0.1, 0.15) is 35.6 Å². The molecule has 2 heterocycles. The van der Waals surface area contributed by atoms with Crippen molar-refractivity contribution in [1.82, 2.24) is 9.29 Å². The third-order valence-corrected chi connectivity index (χ3v) is 5.14. The first kappa shape index (κ1) is 17.2. The highest BCUT2D eigenvalue weighted by molar-refractivity contribution is 7.77. The minimum atomic E-state index is -2.07. The molecule has 0 aliphatic heterocycles. The van der Waals surface area contributed by atoms with E-state index >= 15 is 0 Å². The maximum absolute atomic E-state index is 12.0. The number of pyridine rings is 1. The van der Waals surface area contributed by atoms with Crippen LogP contribution in [0.5, 0.6) is 0 Å². The van der Waals surface area contributed by atoms with Crippen molar-refractivity contribution in [1.29, 1.82) is 0 Å². The lowest BCUT2D eigenvalue weighted by Gasteiger charge is -2.10. The molecule has 2 N–H and O–H groups in total. The molecule has 3 aromatic rings. The zero-order chi connectivity index (χ0) is 18.4. The Morgan fingerprint density at radius 3 is 2.73 bits per heavy atom. The topological polar surface area (TPSA) is 84.5 Å². The summed E-state index contributed by atoms with van der Waals surface area (Å²) in [6, 6.07) is 7.84. The maximum atomic E-state index is 12.0. The summed E-state index contributed by atoms with van der Waals surface area (Å²) in [6.07, 6.45) is 4.09. The molecule has 0 spiro atoms. The molecule has 2 aromatic heterocycles. The summed E-state index contributed by atoms with van der Waals surface area (Å²) < 4.78 is 30.2. The van der Waals surface area contributed by atoms with Crippen LogP contribution in [0.3, 0.4) is 0 Å². The van der Waals surface area contributed by atoms with Crippen molar-refractivity contribution in [2.24, 2.45) is 7.05 Å². The number of nitrogens with one attached hydrogen (secondary N) is 1. The summed E-state index contributed by atoms with van der Waals surface area (Å²) in [5, 5.41) is 0.969. The quantitative estimate of drug-likeness (QED) is 0.674. The van der Waals surface area contributed by atoms with Gasteiger partial charge >= 0.3 is 0 Å². The van der Waals surface area contributed by atoms with Crippen molar-refractivity contribution in [3.8, 4) is 11.1 Å². The Morgan fingerprint density at radius 1 is 1.31 bits per heavy atom. The number of hydrogen-bond acceptors (Lipinski definition) is 3. The van der Waals surface area contributed by atoms with Crippen LogP contribution in [0.25, 0.3) is 22.1 Å². The lowest BCUT2D eigenvalue weighted by atomic mass is 10.0. The second-order valence-corrected chi connectivity index (χ2v) is 7.67. The molecule has 1 fully saturated rings. The Bertz CT molecular complexity index is 1050. The van der Waals surface area contributed by atoms with Crippen LogP contribution in [0.4, 0.5) is 0 Å². The third kappa shape index (κ3) is 3.25. The summed E-state index contributed by atoms with van der Waals surface area (Å²) in [5.74, 6) is 1.47. The number of aryl methyl sites for hydroxylation is 2. The zero-order valence-corrected chi connectivity index (χ0v) is 15.4. The molecule has 7 heteroatoms. The van der Waals surface area contributed by atoms with E-state index in [1.807, 2.05) is 18.2 Å². The van der Waals surface area contributed by atoms with Gasteiger partial charge in [0.2, 0.25) is 11.3 Å². The summed E-state index contributed by atoms with van der Waals surface area (Å²) in [4.78, 5) is 12.0. The van der Waals surface area contributed by atoms with Gasteiger partial charge in [-0.1, -0.05) is 0 Å². The first-order valence-corrected chi connectivity index (χ1v) is 9.61. The average molecular weight is 372 g/mol. The van der Waals surface area contributed by atoms with Gasteiger partial charge < -0.3 is 8.98 Å². The van der Waals surface area contributed by atoms with Gasteiger partial charge in [0.05, 0.1) is 0 Å². The van der Waals surface area contributed by atoms with E-state index in [1.54, 1.807) is 24.7 Å².